The van der Waals surface area contributed by atoms with E-state index in [-0.39, 0.29) is 11.3 Å². The molecule has 82 valence electrons. The number of nitrogens with one attached hydrogen (secondary N) is 1. The Kier molecular flexibility index (Phi) is 4.71. The largest absolute Gasteiger partial charge is 0.351 e. The summed E-state index contributed by atoms with van der Waals surface area (Å²) in [6, 6.07) is 4.73. The van der Waals surface area contributed by atoms with Gasteiger partial charge in [-0.05, 0) is 25.1 Å². The van der Waals surface area contributed by atoms with Gasteiger partial charge in [-0.15, -0.1) is 11.6 Å². The minimum absolute atomic E-state index is 0.100. The third kappa shape index (κ3) is 3.90. The molecule has 15 heavy (non-hydrogen) atoms. The SMILES string of the molecule is CC(Cl)CNC(=O)c1ccc(Cl)c(Cl)c1. The van der Waals surface area contributed by atoms with Crippen LogP contribution in [-0.2, 0) is 0 Å². The first kappa shape index (κ1) is 12.6. The summed E-state index contributed by atoms with van der Waals surface area (Å²) in [6.45, 7) is 2.22. The molecule has 0 aliphatic carbocycles. The topological polar surface area (TPSA) is 29.1 Å². The first-order valence-electron chi connectivity index (χ1n) is 4.38. The molecule has 5 heteroatoms. The van der Waals surface area contributed by atoms with Crippen molar-refractivity contribution >= 4 is 40.7 Å². The molecule has 1 unspecified atom stereocenters. The Bertz CT molecular complexity index is 366. The number of carbonyl (C=O) groups excluding carboxylic acids is 1. The van der Waals surface area contributed by atoms with Gasteiger partial charge in [0.05, 0.1) is 10.0 Å². The molecule has 1 N–H and O–H groups in total. The zero-order valence-electron chi connectivity index (χ0n) is 8.06. The van der Waals surface area contributed by atoms with E-state index in [9.17, 15) is 4.79 Å². The molecule has 0 aliphatic heterocycles. The number of carbonyl (C=O) groups is 1. The predicted octanol–water partition coefficient (Wildman–Crippen LogP) is 3.35. The van der Waals surface area contributed by atoms with E-state index < -0.39 is 0 Å². The second kappa shape index (κ2) is 5.59. The monoisotopic (exact) mass is 265 g/mol. The summed E-state index contributed by atoms with van der Waals surface area (Å²) in [6.07, 6.45) is 0. The lowest BCUT2D eigenvalue weighted by Gasteiger charge is -2.06. The molecular weight excluding hydrogens is 256 g/mol. The fourth-order valence-electron chi connectivity index (χ4n) is 0.973. The van der Waals surface area contributed by atoms with E-state index in [0.717, 1.165) is 0 Å². The van der Waals surface area contributed by atoms with Crippen molar-refractivity contribution in [2.75, 3.05) is 6.54 Å². The molecule has 1 aromatic carbocycles. The summed E-state index contributed by atoms with van der Waals surface area (Å²) in [5.41, 5.74) is 0.474. The predicted molar refractivity (Wildman–Crippen MR) is 64.1 cm³/mol. The van der Waals surface area contributed by atoms with Crippen LogP contribution < -0.4 is 5.32 Å². The molecule has 0 aromatic heterocycles. The van der Waals surface area contributed by atoms with Crippen molar-refractivity contribution in [3.05, 3.63) is 33.8 Å². The zero-order chi connectivity index (χ0) is 11.4. The Morgan fingerprint density at radius 2 is 2.07 bits per heavy atom. The molecule has 0 aliphatic rings. The quantitative estimate of drug-likeness (QED) is 0.835. The van der Waals surface area contributed by atoms with Crippen LogP contribution in [0.1, 0.15) is 17.3 Å². The van der Waals surface area contributed by atoms with Crippen molar-refractivity contribution in [1.82, 2.24) is 5.32 Å². The van der Waals surface area contributed by atoms with E-state index in [2.05, 4.69) is 5.32 Å². The highest BCUT2D eigenvalue weighted by Gasteiger charge is 2.08. The van der Waals surface area contributed by atoms with E-state index in [1.54, 1.807) is 19.1 Å². The fraction of sp³-hybridized carbons (Fsp3) is 0.300. The van der Waals surface area contributed by atoms with Gasteiger partial charge in [0.15, 0.2) is 0 Å². The molecule has 0 radical (unpaired) electrons. The van der Waals surface area contributed by atoms with Gasteiger partial charge in [-0.3, -0.25) is 4.79 Å². The lowest BCUT2D eigenvalue weighted by atomic mass is 10.2. The van der Waals surface area contributed by atoms with Gasteiger partial charge in [0, 0.05) is 17.5 Å². The lowest BCUT2D eigenvalue weighted by molar-refractivity contribution is 0.0954. The highest BCUT2D eigenvalue weighted by Crippen LogP contribution is 2.22. The summed E-state index contributed by atoms with van der Waals surface area (Å²) in [7, 11) is 0. The van der Waals surface area contributed by atoms with Crippen LogP contribution in [0.25, 0.3) is 0 Å². The van der Waals surface area contributed by atoms with Crippen molar-refractivity contribution in [3.63, 3.8) is 0 Å². The number of amides is 1. The molecule has 0 saturated carbocycles. The fourth-order valence-corrected chi connectivity index (χ4v) is 1.35. The van der Waals surface area contributed by atoms with Crippen molar-refractivity contribution < 1.29 is 4.79 Å². The maximum Gasteiger partial charge on any atom is 0.251 e. The first-order valence-corrected chi connectivity index (χ1v) is 5.57. The number of halogens is 3. The van der Waals surface area contributed by atoms with Gasteiger partial charge in [0.2, 0.25) is 0 Å². The van der Waals surface area contributed by atoms with Crippen molar-refractivity contribution in [1.29, 1.82) is 0 Å². The van der Waals surface area contributed by atoms with E-state index >= 15 is 0 Å². The Morgan fingerprint density at radius 3 is 2.60 bits per heavy atom. The third-order valence-electron chi connectivity index (χ3n) is 1.73. The maximum atomic E-state index is 11.5. The molecule has 0 heterocycles. The van der Waals surface area contributed by atoms with Gasteiger partial charge >= 0.3 is 0 Å². The standard InChI is InChI=1S/C10H10Cl3NO/c1-6(11)5-14-10(15)7-2-3-8(12)9(13)4-7/h2-4,6H,5H2,1H3,(H,14,15). The number of hydrogen-bond donors (Lipinski definition) is 1. The molecule has 2 nitrogen and oxygen atoms in total. The van der Waals surface area contributed by atoms with Crippen LogP contribution in [0.3, 0.4) is 0 Å². The Labute approximate surface area is 104 Å². The Hall–Kier alpha value is -0.440. The molecule has 1 amide bonds. The smallest absolute Gasteiger partial charge is 0.251 e. The van der Waals surface area contributed by atoms with Gasteiger partial charge < -0.3 is 5.32 Å². The summed E-state index contributed by atoms with van der Waals surface area (Å²) >= 11 is 17.2. The van der Waals surface area contributed by atoms with Gasteiger partial charge in [-0.2, -0.15) is 0 Å². The van der Waals surface area contributed by atoms with E-state index in [0.29, 0.717) is 22.2 Å². The molecule has 0 spiro atoms. The van der Waals surface area contributed by atoms with Crippen molar-refractivity contribution in [2.24, 2.45) is 0 Å². The van der Waals surface area contributed by atoms with E-state index in [1.165, 1.54) is 6.07 Å². The summed E-state index contributed by atoms with van der Waals surface area (Å²) in [5.74, 6) is -0.207. The third-order valence-corrected chi connectivity index (χ3v) is 2.62. The average Bonchev–Trinajstić information content (AvgIpc) is 2.18. The molecule has 0 bridgehead atoms. The minimum Gasteiger partial charge on any atom is -0.351 e. The van der Waals surface area contributed by atoms with Crippen LogP contribution in [0.5, 0.6) is 0 Å². The molecule has 1 rings (SSSR count). The second-order valence-corrected chi connectivity index (χ2v) is 4.68. The highest BCUT2D eigenvalue weighted by molar-refractivity contribution is 6.42. The van der Waals surface area contributed by atoms with Gasteiger partial charge in [-0.1, -0.05) is 23.2 Å². The van der Waals surface area contributed by atoms with E-state index in [1.807, 2.05) is 0 Å². The number of hydrogen-bond acceptors (Lipinski definition) is 1. The lowest BCUT2D eigenvalue weighted by Crippen LogP contribution is -2.28. The van der Waals surface area contributed by atoms with Crippen LogP contribution in [-0.4, -0.2) is 17.8 Å². The normalized spacial score (nSPS) is 12.3. The van der Waals surface area contributed by atoms with Gasteiger partial charge in [0.25, 0.3) is 5.91 Å². The second-order valence-electron chi connectivity index (χ2n) is 3.12. The molecule has 0 fully saturated rings. The highest BCUT2D eigenvalue weighted by atomic mass is 35.5. The molecule has 1 atom stereocenters. The van der Waals surface area contributed by atoms with Crippen LogP contribution in [0.4, 0.5) is 0 Å². The van der Waals surface area contributed by atoms with Crippen molar-refractivity contribution in [2.45, 2.75) is 12.3 Å². The number of rotatable bonds is 3. The molecule has 0 saturated heterocycles. The van der Waals surface area contributed by atoms with Crippen LogP contribution in [0, 0.1) is 0 Å². The molecule has 1 aromatic rings. The van der Waals surface area contributed by atoms with Crippen molar-refractivity contribution in [3.8, 4) is 0 Å². The van der Waals surface area contributed by atoms with Crippen LogP contribution in [0.15, 0.2) is 18.2 Å². The first-order chi connectivity index (χ1) is 7.00. The van der Waals surface area contributed by atoms with Gasteiger partial charge in [-0.25, -0.2) is 0 Å². The minimum atomic E-state index is -0.207. The summed E-state index contributed by atoms with van der Waals surface area (Å²) < 4.78 is 0. The number of benzene rings is 1. The van der Waals surface area contributed by atoms with Gasteiger partial charge in [0.1, 0.15) is 0 Å². The van der Waals surface area contributed by atoms with E-state index in [4.69, 9.17) is 34.8 Å². The maximum absolute atomic E-state index is 11.5. The average molecular weight is 267 g/mol. The summed E-state index contributed by atoms with van der Waals surface area (Å²) in [5, 5.41) is 3.37. The van der Waals surface area contributed by atoms with Crippen LogP contribution in [0.2, 0.25) is 10.0 Å². The number of alkyl halides is 1. The Balaban J connectivity index is 2.70. The molecular formula is C10H10Cl3NO. The van der Waals surface area contributed by atoms with Crippen LogP contribution >= 0.6 is 34.8 Å². The summed E-state index contributed by atoms with van der Waals surface area (Å²) in [4.78, 5) is 11.5. The Morgan fingerprint density at radius 1 is 1.40 bits per heavy atom. The zero-order valence-corrected chi connectivity index (χ0v) is 10.3.